The number of carbonyl (C=O) groups is 2. The van der Waals surface area contributed by atoms with Crippen LogP contribution in [0.3, 0.4) is 0 Å². The summed E-state index contributed by atoms with van der Waals surface area (Å²) in [6, 6.07) is 7.60. The lowest BCUT2D eigenvalue weighted by molar-refractivity contribution is -0.118. The molecule has 0 spiro atoms. The number of hydrogen-bond donors (Lipinski definition) is 2. The first-order chi connectivity index (χ1) is 8.54. The molecule has 0 heterocycles. The number of likely N-dealkylation sites (N-methyl/N-ethyl adjacent to an activating group) is 1. The number of primary amides is 1. The molecule has 106 valence electrons. The highest BCUT2D eigenvalue weighted by Crippen LogP contribution is 2.16. The maximum absolute atomic E-state index is 12.0. The van der Waals surface area contributed by atoms with E-state index in [0.29, 0.717) is 6.54 Å². The highest BCUT2D eigenvalue weighted by Gasteiger charge is 2.15. The predicted molar refractivity (Wildman–Crippen MR) is 78.5 cm³/mol. The Bertz CT molecular complexity index is 438. The Morgan fingerprint density at radius 1 is 1.37 bits per heavy atom. The number of nitrogens with one attached hydrogen (secondary N) is 1. The van der Waals surface area contributed by atoms with Crippen molar-refractivity contribution in [3.8, 4) is 0 Å². The van der Waals surface area contributed by atoms with Crippen molar-refractivity contribution < 1.29 is 9.59 Å². The standard InChI is InChI=1S/C13H19N3O2.ClH/c1-10-4-3-5-11(8-10)16(7-6-12(14)17)13(18)9-15-2;/h3-5,8,15H,6-7,9H2,1-2H3,(H2,14,17);1H. The summed E-state index contributed by atoms with van der Waals surface area (Å²) in [6.07, 6.45) is 0.156. The summed E-state index contributed by atoms with van der Waals surface area (Å²) >= 11 is 0. The number of nitrogens with two attached hydrogens (primary N) is 1. The molecule has 0 aliphatic heterocycles. The van der Waals surface area contributed by atoms with E-state index in [4.69, 9.17) is 5.73 Å². The third-order valence-electron chi connectivity index (χ3n) is 2.52. The van der Waals surface area contributed by atoms with Gasteiger partial charge in [0, 0.05) is 18.7 Å². The van der Waals surface area contributed by atoms with Crippen LogP contribution in [0, 0.1) is 6.92 Å². The quantitative estimate of drug-likeness (QED) is 0.813. The van der Waals surface area contributed by atoms with Gasteiger partial charge in [0.05, 0.1) is 6.54 Å². The number of benzene rings is 1. The van der Waals surface area contributed by atoms with Gasteiger partial charge in [0.25, 0.3) is 0 Å². The van der Waals surface area contributed by atoms with E-state index in [2.05, 4.69) is 5.32 Å². The van der Waals surface area contributed by atoms with Crippen LogP contribution in [0.5, 0.6) is 0 Å². The molecule has 5 nitrogen and oxygen atoms in total. The van der Waals surface area contributed by atoms with Crippen molar-refractivity contribution in [1.29, 1.82) is 0 Å². The molecule has 0 saturated heterocycles. The maximum Gasteiger partial charge on any atom is 0.240 e. The highest BCUT2D eigenvalue weighted by atomic mass is 35.5. The normalized spacial score (nSPS) is 9.58. The molecule has 6 heteroatoms. The zero-order valence-electron chi connectivity index (χ0n) is 11.2. The summed E-state index contributed by atoms with van der Waals surface area (Å²) in [4.78, 5) is 24.4. The van der Waals surface area contributed by atoms with E-state index < -0.39 is 5.91 Å². The van der Waals surface area contributed by atoms with Crippen molar-refractivity contribution in [1.82, 2.24) is 5.32 Å². The van der Waals surface area contributed by atoms with Gasteiger partial charge in [-0.3, -0.25) is 9.59 Å². The summed E-state index contributed by atoms with van der Waals surface area (Å²) in [5.74, 6) is -0.491. The molecule has 0 aromatic heterocycles. The molecule has 0 radical (unpaired) electrons. The average molecular weight is 286 g/mol. The predicted octanol–water partition coefficient (Wildman–Crippen LogP) is 0.845. The summed E-state index contributed by atoms with van der Waals surface area (Å²) in [6.45, 7) is 2.49. The summed E-state index contributed by atoms with van der Waals surface area (Å²) < 4.78 is 0. The first-order valence-corrected chi connectivity index (χ1v) is 5.84. The van der Waals surface area contributed by atoms with Crippen LogP contribution in [0.15, 0.2) is 24.3 Å². The molecular formula is C13H20ClN3O2. The minimum absolute atomic E-state index is 0. The molecule has 1 rings (SSSR count). The number of aryl methyl sites for hydroxylation is 1. The van der Waals surface area contributed by atoms with E-state index in [0.717, 1.165) is 11.3 Å². The fraction of sp³-hybridized carbons (Fsp3) is 0.385. The minimum Gasteiger partial charge on any atom is -0.370 e. The van der Waals surface area contributed by atoms with Gasteiger partial charge in [-0.05, 0) is 31.7 Å². The molecule has 2 amide bonds. The smallest absolute Gasteiger partial charge is 0.240 e. The third kappa shape index (κ3) is 5.72. The summed E-state index contributed by atoms with van der Waals surface area (Å²) in [7, 11) is 1.71. The van der Waals surface area contributed by atoms with Crippen molar-refractivity contribution in [3.63, 3.8) is 0 Å². The zero-order chi connectivity index (χ0) is 13.5. The Hall–Kier alpha value is -1.59. The molecule has 0 atom stereocenters. The lowest BCUT2D eigenvalue weighted by atomic mass is 10.2. The summed E-state index contributed by atoms with van der Waals surface area (Å²) in [5.41, 5.74) is 6.98. The zero-order valence-corrected chi connectivity index (χ0v) is 12.0. The van der Waals surface area contributed by atoms with E-state index >= 15 is 0 Å². The fourth-order valence-electron chi connectivity index (χ4n) is 1.66. The van der Waals surface area contributed by atoms with Crippen LogP contribution >= 0.6 is 12.4 Å². The maximum atomic E-state index is 12.0. The van der Waals surface area contributed by atoms with Crippen molar-refractivity contribution in [3.05, 3.63) is 29.8 Å². The molecule has 1 aromatic carbocycles. The van der Waals surface area contributed by atoms with Crippen LogP contribution in [0.4, 0.5) is 5.69 Å². The Balaban J connectivity index is 0.00000324. The summed E-state index contributed by atoms with van der Waals surface area (Å²) in [5, 5.41) is 2.81. The van der Waals surface area contributed by atoms with Gasteiger partial charge in [-0.1, -0.05) is 12.1 Å². The fourth-order valence-corrected chi connectivity index (χ4v) is 1.66. The Morgan fingerprint density at radius 2 is 2.05 bits per heavy atom. The van der Waals surface area contributed by atoms with Crippen LogP contribution in [0.1, 0.15) is 12.0 Å². The van der Waals surface area contributed by atoms with Crippen LogP contribution in [0.2, 0.25) is 0 Å². The lowest BCUT2D eigenvalue weighted by Gasteiger charge is -2.22. The third-order valence-corrected chi connectivity index (χ3v) is 2.52. The molecular weight excluding hydrogens is 266 g/mol. The number of rotatable bonds is 6. The van der Waals surface area contributed by atoms with Crippen LogP contribution in [0.25, 0.3) is 0 Å². The Kier molecular flexibility index (Phi) is 7.79. The number of nitrogens with zero attached hydrogens (tertiary/aromatic N) is 1. The van der Waals surface area contributed by atoms with E-state index in [1.54, 1.807) is 11.9 Å². The van der Waals surface area contributed by atoms with E-state index in [-0.39, 0.29) is 31.3 Å². The van der Waals surface area contributed by atoms with Gasteiger partial charge in [0.2, 0.25) is 11.8 Å². The molecule has 0 bridgehead atoms. The van der Waals surface area contributed by atoms with E-state index in [9.17, 15) is 9.59 Å². The first kappa shape index (κ1) is 17.4. The Labute approximate surface area is 119 Å². The van der Waals surface area contributed by atoms with Crippen molar-refractivity contribution >= 4 is 29.9 Å². The highest BCUT2D eigenvalue weighted by molar-refractivity contribution is 5.95. The van der Waals surface area contributed by atoms with Crippen LogP contribution in [-0.4, -0.2) is 32.0 Å². The molecule has 0 unspecified atom stereocenters. The van der Waals surface area contributed by atoms with Gasteiger partial charge < -0.3 is 16.0 Å². The number of anilines is 1. The largest absolute Gasteiger partial charge is 0.370 e. The van der Waals surface area contributed by atoms with Crippen molar-refractivity contribution in [2.24, 2.45) is 5.73 Å². The molecule has 0 aliphatic rings. The second-order valence-corrected chi connectivity index (χ2v) is 4.13. The number of amides is 2. The van der Waals surface area contributed by atoms with E-state index in [1.807, 2.05) is 31.2 Å². The molecule has 0 saturated carbocycles. The van der Waals surface area contributed by atoms with E-state index in [1.165, 1.54) is 0 Å². The van der Waals surface area contributed by atoms with Gasteiger partial charge in [0.15, 0.2) is 0 Å². The average Bonchev–Trinajstić information content (AvgIpc) is 2.29. The molecule has 1 aromatic rings. The number of carbonyl (C=O) groups excluding carboxylic acids is 2. The second-order valence-electron chi connectivity index (χ2n) is 4.13. The van der Waals surface area contributed by atoms with Gasteiger partial charge in [0.1, 0.15) is 0 Å². The number of hydrogen-bond acceptors (Lipinski definition) is 3. The first-order valence-electron chi connectivity index (χ1n) is 5.84. The Morgan fingerprint density at radius 3 is 2.58 bits per heavy atom. The monoisotopic (exact) mass is 285 g/mol. The molecule has 3 N–H and O–H groups in total. The molecule has 0 fully saturated rings. The lowest BCUT2D eigenvalue weighted by Crippen LogP contribution is -2.39. The molecule has 0 aliphatic carbocycles. The van der Waals surface area contributed by atoms with Gasteiger partial charge >= 0.3 is 0 Å². The topological polar surface area (TPSA) is 75.4 Å². The molecule has 19 heavy (non-hydrogen) atoms. The minimum atomic E-state index is -0.412. The van der Waals surface area contributed by atoms with Crippen molar-refractivity contribution in [2.75, 3.05) is 25.0 Å². The van der Waals surface area contributed by atoms with Gasteiger partial charge in [-0.25, -0.2) is 0 Å². The SMILES string of the molecule is CNCC(=O)N(CCC(N)=O)c1cccc(C)c1.Cl. The van der Waals surface area contributed by atoms with Crippen LogP contribution in [-0.2, 0) is 9.59 Å². The van der Waals surface area contributed by atoms with Crippen LogP contribution < -0.4 is 16.0 Å². The number of halogens is 1. The second kappa shape index (κ2) is 8.50. The van der Waals surface area contributed by atoms with Crippen molar-refractivity contribution in [2.45, 2.75) is 13.3 Å². The van der Waals surface area contributed by atoms with Gasteiger partial charge in [-0.15, -0.1) is 12.4 Å². The van der Waals surface area contributed by atoms with Gasteiger partial charge in [-0.2, -0.15) is 0 Å².